The molecule has 0 unspecified atom stereocenters. The molecule has 1 N–H and O–H groups in total. The summed E-state index contributed by atoms with van der Waals surface area (Å²) in [6.07, 6.45) is 0. The van der Waals surface area contributed by atoms with Crippen molar-refractivity contribution >= 4 is 38.7 Å². The molecule has 26 heavy (non-hydrogen) atoms. The maximum absolute atomic E-state index is 13.0. The van der Waals surface area contributed by atoms with Gasteiger partial charge in [0.1, 0.15) is 0 Å². The number of rotatable bonds is 5. The van der Waals surface area contributed by atoms with Gasteiger partial charge >= 0.3 is 0 Å². The number of aryl methyl sites for hydroxylation is 2. The zero-order valence-electron chi connectivity index (χ0n) is 15.1. The largest absolute Gasteiger partial charge is 0.363 e. The number of nitrogens with one attached hydrogen (secondary N) is 1. The van der Waals surface area contributed by atoms with Crippen molar-refractivity contribution in [2.75, 3.05) is 38.5 Å². The zero-order chi connectivity index (χ0) is 18.9. The molecule has 0 aliphatic carbocycles. The van der Waals surface area contributed by atoms with Crippen LogP contribution < -0.4 is 5.32 Å². The van der Waals surface area contributed by atoms with E-state index in [9.17, 15) is 8.42 Å². The van der Waals surface area contributed by atoms with Crippen LogP contribution in [-0.4, -0.2) is 60.6 Å². The molecule has 3 rings (SSSR count). The quantitative estimate of drug-likeness (QED) is 0.759. The Morgan fingerprint density at radius 3 is 2.54 bits per heavy atom. The van der Waals surface area contributed by atoms with Gasteiger partial charge in [0.05, 0.1) is 11.6 Å². The molecule has 0 radical (unpaired) electrons. The molecule has 0 amide bonds. The predicted molar refractivity (Wildman–Crippen MR) is 107 cm³/mol. The third kappa shape index (κ3) is 3.99. The average Bonchev–Trinajstić information content (AvgIpc) is 2.97. The third-order valence-corrected chi connectivity index (χ3v) is 7.81. The molecule has 1 aliphatic heterocycles. The maximum Gasteiger partial charge on any atom is 0.243 e. The van der Waals surface area contributed by atoms with E-state index in [2.05, 4.69) is 15.3 Å². The molecule has 1 aliphatic rings. The van der Waals surface area contributed by atoms with Crippen molar-refractivity contribution in [3.05, 3.63) is 33.3 Å². The Balaban J connectivity index is 1.68. The summed E-state index contributed by atoms with van der Waals surface area (Å²) < 4.78 is 30.0. The van der Waals surface area contributed by atoms with E-state index in [1.165, 1.54) is 11.3 Å². The topological polar surface area (TPSA) is 70.5 Å². The lowest BCUT2D eigenvalue weighted by Gasteiger charge is -2.34. The fraction of sp³-hybridized carbons (Fsp3) is 0.500. The van der Waals surface area contributed by atoms with Gasteiger partial charge in [-0.1, -0.05) is 23.5 Å². The molecule has 2 aromatic rings. The number of anilines is 1. The Bertz CT molecular complexity index is 943. The SMILES string of the molecule is CNc1nn(CN2CCN(S(=O)(=O)c3cc(C)ccc3C)CC2)c(=S)s1. The van der Waals surface area contributed by atoms with Crippen molar-refractivity contribution in [3.63, 3.8) is 0 Å². The standard InChI is InChI=1S/C16H23N5O2S3/c1-12-4-5-13(2)14(10-12)26(22,23)20-8-6-19(7-9-20)11-21-16(24)25-15(17-3)18-21/h4-5,10H,6-9,11H2,1-3H3,(H,17,18). The number of benzene rings is 1. The van der Waals surface area contributed by atoms with Crippen LogP contribution in [0.15, 0.2) is 23.1 Å². The lowest BCUT2D eigenvalue weighted by atomic mass is 10.2. The molecule has 142 valence electrons. The maximum atomic E-state index is 13.0. The molecule has 1 fully saturated rings. The van der Waals surface area contributed by atoms with Gasteiger partial charge in [0.25, 0.3) is 0 Å². The predicted octanol–water partition coefficient (Wildman–Crippen LogP) is 2.30. The summed E-state index contributed by atoms with van der Waals surface area (Å²) in [6.45, 7) is 6.56. The molecule has 0 saturated carbocycles. The second-order valence-electron chi connectivity index (χ2n) is 6.36. The number of sulfonamides is 1. The molecule has 1 aromatic carbocycles. The van der Waals surface area contributed by atoms with E-state index in [0.29, 0.717) is 41.7 Å². The number of hydrogen-bond donors (Lipinski definition) is 1. The van der Waals surface area contributed by atoms with Crippen LogP contribution in [0.4, 0.5) is 5.13 Å². The van der Waals surface area contributed by atoms with Gasteiger partial charge in [0.2, 0.25) is 15.2 Å². The molecular formula is C16H23N5O2S3. The first kappa shape index (κ1) is 19.4. The van der Waals surface area contributed by atoms with Crippen molar-refractivity contribution in [3.8, 4) is 0 Å². The Morgan fingerprint density at radius 2 is 1.92 bits per heavy atom. The smallest absolute Gasteiger partial charge is 0.243 e. The van der Waals surface area contributed by atoms with E-state index >= 15 is 0 Å². The zero-order valence-corrected chi connectivity index (χ0v) is 17.5. The lowest BCUT2D eigenvalue weighted by molar-refractivity contribution is 0.145. The van der Waals surface area contributed by atoms with Crippen LogP contribution in [0.1, 0.15) is 11.1 Å². The summed E-state index contributed by atoms with van der Waals surface area (Å²) in [5.41, 5.74) is 1.73. The first-order valence-electron chi connectivity index (χ1n) is 8.37. The van der Waals surface area contributed by atoms with E-state index in [1.54, 1.807) is 15.1 Å². The van der Waals surface area contributed by atoms with Crippen LogP contribution in [0.2, 0.25) is 0 Å². The van der Waals surface area contributed by atoms with Gasteiger partial charge < -0.3 is 5.32 Å². The van der Waals surface area contributed by atoms with Crippen molar-refractivity contribution < 1.29 is 8.42 Å². The summed E-state index contributed by atoms with van der Waals surface area (Å²) >= 11 is 6.76. The first-order valence-corrected chi connectivity index (χ1v) is 11.0. The van der Waals surface area contributed by atoms with Crippen LogP contribution in [0, 0.1) is 17.8 Å². The first-order chi connectivity index (χ1) is 12.3. The summed E-state index contributed by atoms with van der Waals surface area (Å²) in [5, 5.41) is 8.18. The monoisotopic (exact) mass is 413 g/mol. The van der Waals surface area contributed by atoms with Crippen LogP contribution in [0.3, 0.4) is 0 Å². The van der Waals surface area contributed by atoms with Crippen molar-refractivity contribution in [1.82, 2.24) is 19.0 Å². The van der Waals surface area contributed by atoms with Gasteiger partial charge in [-0.25, -0.2) is 13.1 Å². The Labute approximate surface area is 163 Å². The molecule has 2 heterocycles. The number of hydrogen-bond acceptors (Lipinski definition) is 7. The van der Waals surface area contributed by atoms with Gasteiger partial charge in [0, 0.05) is 33.2 Å². The van der Waals surface area contributed by atoms with Gasteiger partial charge in [-0.2, -0.15) is 4.31 Å². The highest BCUT2D eigenvalue weighted by Crippen LogP contribution is 2.23. The second kappa shape index (κ2) is 7.73. The minimum atomic E-state index is -3.46. The van der Waals surface area contributed by atoms with Crippen molar-refractivity contribution in [2.45, 2.75) is 25.4 Å². The number of piperazine rings is 1. The number of nitrogens with zero attached hydrogens (tertiary/aromatic N) is 4. The molecule has 0 atom stereocenters. The fourth-order valence-electron chi connectivity index (χ4n) is 2.92. The van der Waals surface area contributed by atoms with Gasteiger partial charge in [-0.05, 0) is 43.3 Å². The second-order valence-corrected chi connectivity index (χ2v) is 9.88. The van der Waals surface area contributed by atoms with Crippen LogP contribution >= 0.6 is 23.6 Å². The summed E-state index contributed by atoms with van der Waals surface area (Å²) in [4.78, 5) is 2.58. The molecule has 10 heteroatoms. The number of aromatic nitrogens is 2. The third-order valence-electron chi connectivity index (χ3n) is 4.45. The van der Waals surface area contributed by atoms with Gasteiger partial charge in [-0.3, -0.25) is 4.90 Å². The highest BCUT2D eigenvalue weighted by molar-refractivity contribution is 7.89. The summed E-state index contributed by atoms with van der Waals surface area (Å²) in [7, 11) is -1.65. The van der Waals surface area contributed by atoms with Crippen molar-refractivity contribution in [2.24, 2.45) is 0 Å². The fourth-order valence-corrected chi connectivity index (χ4v) is 5.60. The lowest BCUT2D eigenvalue weighted by Crippen LogP contribution is -2.49. The molecule has 1 saturated heterocycles. The Kier molecular flexibility index (Phi) is 5.78. The van der Waals surface area contributed by atoms with Gasteiger partial charge in [0.15, 0.2) is 3.95 Å². The highest BCUT2D eigenvalue weighted by atomic mass is 32.2. The molecule has 1 aromatic heterocycles. The van der Waals surface area contributed by atoms with E-state index in [4.69, 9.17) is 12.2 Å². The van der Waals surface area contributed by atoms with Crippen LogP contribution in [-0.2, 0) is 16.7 Å². The minimum Gasteiger partial charge on any atom is -0.363 e. The van der Waals surface area contributed by atoms with Crippen LogP contribution in [0.5, 0.6) is 0 Å². The molecule has 7 nitrogen and oxygen atoms in total. The summed E-state index contributed by atoms with van der Waals surface area (Å²) in [6, 6.07) is 5.55. The molecule has 0 bridgehead atoms. The normalized spacial score (nSPS) is 16.7. The van der Waals surface area contributed by atoms with Crippen LogP contribution in [0.25, 0.3) is 0 Å². The molecule has 0 spiro atoms. The van der Waals surface area contributed by atoms with E-state index in [0.717, 1.165) is 16.3 Å². The van der Waals surface area contributed by atoms with Crippen molar-refractivity contribution in [1.29, 1.82) is 0 Å². The highest BCUT2D eigenvalue weighted by Gasteiger charge is 2.29. The van der Waals surface area contributed by atoms with Gasteiger partial charge in [-0.15, -0.1) is 5.10 Å². The Morgan fingerprint density at radius 1 is 1.23 bits per heavy atom. The molecular weight excluding hydrogens is 390 g/mol. The van der Waals surface area contributed by atoms with E-state index in [1.807, 2.05) is 33.0 Å². The Hall–Kier alpha value is -1.33. The summed E-state index contributed by atoms with van der Waals surface area (Å²) in [5.74, 6) is 0. The average molecular weight is 414 g/mol. The minimum absolute atomic E-state index is 0.409. The van der Waals surface area contributed by atoms with E-state index < -0.39 is 10.0 Å². The van der Waals surface area contributed by atoms with E-state index in [-0.39, 0.29) is 0 Å².